The van der Waals surface area contributed by atoms with Gasteiger partial charge in [-0.15, -0.1) is 11.3 Å². The van der Waals surface area contributed by atoms with Gasteiger partial charge in [0.15, 0.2) is 0 Å². The van der Waals surface area contributed by atoms with Crippen LogP contribution in [0, 0.1) is 17.8 Å². The van der Waals surface area contributed by atoms with Crippen LogP contribution in [0.25, 0.3) is 0 Å². The maximum absolute atomic E-state index is 13.1. The number of allylic oxidation sites excluding steroid dienone is 2. The van der Waals surface area contributed by atoms with Gasteiger partial charge in [-0.25, -0.2) is 0 Å². The largest absolute Gasteiger partial charge is 0.354 e. The van der Waals surface area contributed by atoms with E-state index in [9.17, 15) is 19.2 Å². The van der Waals surface area contributed by atoms with E-state index in [-0.39, 0.29) is 54.3 Å². The molecule has 7 nitrogen and oxygen atoms in total. The van der Waals surface area contributed by atoms with E-state index in [1.807, 2.05) is 30.9 Å². The Hall–Kier alpha value is -2.48. The van der Waals surface area contributed by atoms with Crippen molar-refractivity contribution in [3.05, 3.63) is 34.0 Å². The van der Waals surface area contributed by atoms with Crippen LogP contribution in [0.15, 0.2) is 23.6 Å². The quantitative estimate of drug-likeness (QED) is 0.504. The highest BCUT2D eigenvalue weighted by atomic mass is 32.1. The minimum atomic E-state index is -0.820. The Morgan fingerprint density at radius 1 is 1.16 bits per heavy atom. The van der Waals surface area contributed by atoms with Gasteiger partial charge >= 0.3 is 0 Å². The fourth-order valence-corrected chi connectivity index (χ4v) is 5.83. The first-order valence-electron chi connectivity index (χ1n) is 11.5. The second-order valence-electron chi connectivity index (χ2n) is 9.32. The third kappa shape index (κ3) is 4.51. The van der Waals surface area contributed by atoms with Gasteiger partial charge in [-0.1, -0.05) is 26.0 Å². The molecule has 0 radical (unpaired) electrons. The number of nitrogens with one attached hydrogen (secondary N) is 1. The minimum absolute atomic E-state index is 0.00739. The fraction of sp³-hybridized carbons (Fsp3) is 0.583. The van der Waals surface area contributed by atoms with Crippen LogP contribution in [0.2, 0.25) is 0 Å². The second-order valence-corrected chi connectivity index (χ2v) is 10.3. The van der Waals surface area contributed by atoms with Gasteiger partial charge in [0.1, 0.15) is 6.04 Å². The van der Waals surface area contributed by atoms with Crippen molar-refractivity contribution in [2.45, 2.75) is 58.5 Å². The molecule has 1 aromatic rings. The Morgan fingerprint density at radius 2 is 1.84 bits per heavy atom. The first kappa shape index (κ1) is 22.7. The molecule has 3 heterocycles. The summed E-state index contributed by atoms with van der Waals surface area (Å²) in [6.45, 7) is 5.46. The van der Waals surface area contributed by atoms with Crippen LogP contribution in [-0.4, -0.2) is 52.6 Å². The molecule has 4 rings (SSSR count). The van der Waals surface area contributed by atoms with Crippen molar-refractivity contribution in [3.63, 3.8) is 0 Å². The molecule has 32 heavy (non-hydrogen) atoms. The molecule has 172 valence electrons. The van der Waals surface area contributed by atoms with E-state index >= 15 is 0 Å². The number of fused-ring (bicyclic) bond motifs is 2. The standard InChI is InChI=1S/C24H31N3O4S/c1-15(2)13-19(27-23(30)17-5-3-4-6-18(17)24(27)31)22(29)25-10-7-21(28)26-11-8-20-16(14-26)9-12-32-20/h3-4,9,12,15,17-19H,5-8,10-11,13-14H2,1-2H3,(H,25,29). The van der Waals surface area contributed by atoms with E-state index in [1.165, 1.54) is 15.3 Å². The summed E-state index contributed by atoms with van der Waals surface area (Å²) >= 11 is 1.73. The summed E-state index contributed by atoms with van der Waals surface area (Å²) in [5.41, 5.74) is 1.21. The molecule has 0 bridgehead atoms. The summed E-state index contributed by atoms with van der Waals surface area (Å²) in [6.07, 6.45) is 6.49. The molecule has 1 saturated heterocycles. The normalized spacial score (nSPS) is 23.3. The Morgan fingerprint density at radius 3 is 2.50 bits per heavy atom. The lowest BCUT2D eigenvalue weighted by atomic mass is 9.85. The lowest BCUT2D eigenvalue weighted by Crippen LogP contribution is -2.51. The molecule has 0 spiro atoms. The molecule has 1 aromatic heterocycles. The molecule has 8 heteroatoms. The van der Waals surface area contributed by atoms with E-state index in [2.05, 4.69) is 16.8 Å². The number of nitrogens with zero attached hydrogens (tertiary/aromatic N) is 2. The predicted molar refractivity (Wildman–Crippen MR) is 122 cm³/mol. The Labute approximate surface area is 192 Å². The molecule has 0 aromatic carbocycles. The van der Waals surface area contributed by atoms with Gasteiger partial charge in [0.25, 0.3) is 0 Å². The minimum Gasteiger partial charge on any atom is -0.354 e. The van der Waals surface area contributed by atoms with Crippen LogP contribution in [0.3, 0.4) is 0 Å². The highest BCUT2D eigenvalue weighted by Crippen LogP contribution is 2.37. The van der Waals surface area contributed by atoms with Crippen molar-refractivity contribution in [2.75, 3.05) is 13.1 Å². The first-order chi connectivity index (χ1) is 15.4. The van der Waals surface area contributed by atoms with E-state index in [0.29, 0.717) is 32.4 Å². The van der Waals surface area contributed by atoms with Crippen molar-refractivity contribution in [3.8, 4) is 0 Å². The van der Waals surface area contributed by atoms with Crippen molar-refractivity contribution >= 4 is 35.0 Å². The van der Waals surface area contributed by atoms with Crippen LogP contribution in [-0.2, 0) is 32.1 Å². The number of thiophene rings is 1. The van der Waals surface area contributed by atoms with Crippen LogP contribution in [0.5, 0.6) is 0 Å². The average Bonchev–Trinajstić information content (AvgIpc) is 3.34. The summed E-state index contributed by atoms with van der Waals surface area (Å²) in [4.78, 5) is 56.0. The van der Waals surface area contributed by atoms with Gasteiger partial charge in [-0.3, -0.25) is 24.1 Å². The molecule has 3 atom stereocenters. The van der Waals surface area contributed by atoms with Gasteiger partial charge in [0.2, 0.25) is 23.6 Å². The molecule has 3 aliphatic rings. The number of amides is 4. The van der Waals surface area contributed by atoms with Crippen LogP contribution < -0.4 is 5.32 Å². The van der Waals surface area contributed by atoms with Crippen LogP contribution >= 0.6 is 11.3 Å². The van der Waals surface area contributed by atoms with Crippen LogP contribution in [0.4, 0.5) is 0 Å². The van der Waals surface area contributed by atoms with Crippen LogP contribution in [0.1, 0.15) is 50.0 Å². The van der Waals surface area contributed by atoms with Crippen molar-refractivity contribution in [1.82, 2.24) is 15.1 Å². The van der Waals surface area contributed by atoms with Crippen molar-refractivity contribution in [2.24, 2.45) is 17.8 Å². The number of likely N-dealkylation sites (tertiary alicyclic amines) is 1. The van der Waals surface area contributed by atoms with Gasteiger partial charge in [0.05, 0.1) is 11.8 Å². The molecule has 1 N–H and O–H groups in total. The maximum Gasteiger partial charge on any atom is 0.243 e. The number of carbonyl (C=O) groups excluding carboxylic acids is 4. The second kappa shape index (κ2) is 9.57. The van der Waals surface area contributed by atoms with Gasteiger partial charge in [-0.05, 0) is 48.6 Å². The molecule has 4 amide bonds. The van der Waals surface area contributed by atoms with Crippen molar-refractivity contribution in [1.29, 1.82) is 0 Å². The van der Waals surface area contributed by atoms with Gasteiger partial charge in [0, 0.05) is 30.9 Å². The number of carbonyl (C=O) groups is 4. The SMILES string of the molecule is CC(C)CC(C(=O)NCCC(=O)N1CCc2sccc2C1)N1C(=O)C2CC=CCC2C1=O. The van der Waals surface area contributed by atoms with Gasteiger partial charge in [-0.2, -0.15) is 0 Å². The Bertz CT molecular complexity index is 911. The average molecular weight is 458 g/mol. The predicted octanol–water partition coefficient (Wildman–Crippen LogP) is 2.51. The highest BCUT2D eigenvalue weighted by Gasteiger charge is 2.51. The summed E-state index contributed by atoms with van der Waals surface area (Å²) in [5, 5.41) is 4.88. The van der Waals surface area contributed by atoms with Crippen molar-refractivity contribution < 1.29 is 19.2 Å². The lowest BCUT2D eigenvalue weighted by molar-refractivity contribution is -0.148. The molecule has 1 aliphatic carbocycles. The third-order valence-corrected chi connectivity index (χ3v) is 7.67. The first-order valence-corrected chi connectivity index (χ1v) is 12.4. The zero-order valence-corrected chi connectivity index (χ0v) is 19.5. The number of rotatable bonds is 7. The summed E-state index contributed by atoms with van der Waals surface area (Å²) in [6, 6.07) is 1.24. The van der Waals surface area contributed by atoms with E-state index in [4.69, 9.17) is 0 Å². The summed E-state index contributed by atoms with van der Waals surface area (Å²) < 4.78 is 0. The summed E-state index contributed by atoms with van der Waals surface area (Å²) in [5.74, 6) is -1.37. The Balaban J connectivity index is 1.35. The fourth-order valence-electron chi connectivity index (χ4n) is 4.94. The molecular weight excluding hydrogens is 426 g/mol. The molecule has 0 saturated carbocycles. The number of imide groups is 1. The molecular formula is C24H31N3O4S. The lowest BCUT2D eigenvalue weighted by Gasteiger charge is -2.28. The number of hydrogen-bond donors (Lipinski definition) is 1. The van der Waals surface area contributed by atoms with E-state index in [1.54, 1.807) is 11.3 Å². The zero-order chi connectivity index (χ0) is 22.8. The number of hydrogen-bond acceptors (Lipinski definition) is 5. The topological polar surface area (TPSA) is 86.8 Å². The smallest absolute Gasteiger partial charge is 0.243 e. The molecule has 3 unspecified atom stereocenters. The maximum atomic E-state index is 13.1. The van der Waals surface area contributed by atoms with E-state index in [0.717, 1.165) is 6.42 Å². The van der Waals surface area contributed by atoms with E-state index < -0.39 is 6.04 Å². The third-order valence-electron chi connectivity index (χ3n) is 6.65. The molecule has 2 aliphatic heterocycles. The Kier molecular flexibility index (Phi) is 6.79. The van der Waals surface area contributed by atoms with Gasteiger partial charge < -0.3 is 10.2 Å². The monoisotopic (exact) mass is 457 g/mol. The highest BCUT2D eigenvalue weighted by molar-refractivity contribution is 7.10. The molecule has 1 fully saturated rings. The summed E-state index contributed by atoms with van der Waals surface area (Å²) in [7, 11) is 0. The zero-order valence-electron chi connectivity index (χ0n) is 18.7.